The number of aromatic nitrogens is 2. The molecule has 2 N–H and O–H groups in total. The number of thiocarbonyl (C=S) groups is 1. The van der Waals surface area contributed by atoms with E-state index in [1.807, 2.05) is 26.4 Å². The summed E-state index contributed by atoms with van der Waals surface area (Å²) >= 11 is 4.81. The van der Waals surface area contributed by atoms with Crippen LogP contribution in [-0.2, 0) is 13.6 Å². The number of aryl methyl sites for hydroxylation is 1. The highest BCUT2D eigenvalue weighted by molar-refractivity contribution is 7.80. The van der Waals surface area contributed by atoms with Crippen LogP contribution < -0.4 is 5.73 Å². The smallest absolute Gasteiger partial charge is 0.0764 e. The molecule has 0 unspecified atom stereocenters. The first-order valence-corrected chi connectivity index (χ1v) is 4.94. The summed E-state index contributed by atoms with van der Waals surface area (Å²) in [6.45, 7) is 1.72. The molecule has 1 rings (SSSR count). The number of hydrogen-bond acceptors (Lipinski definition) is 3. The molecule has 0 atom stereocenters. The molecule has 0 aliphatic rings. The summed E-state index contributed by atoms with van der Waals surface area (Å²) in [4.78, 5) is 2.72. The Morgan fingerprint density at radius 2 is 2.43 bits per heavy atom. The second-order valence-corrected chi connectivity index (χ2v) is 3.96. The zero-order chi connectivity index (χ0) is 10.6. The summed E-state index contributed by atoms with van der Waals surface area (Å²) in [7, 11) is 3.95. The van der Waals surface area contributed by atoms with Gasteiger partial charge in [-0.15, -0.1) is 0 Å². The highest BCUT2D eigenvalue weighted by Crippen LogP contribution is 1.99. The van der Waals surface area contributed by atoms with Gasteiger partial charge in [0, 0.05) is 32.8 Å². The highest BCUT2D eigenvalue weighted by Gasteiger charge is 2.02. The summed E-state index contributed by atoms with van der Waals surface area (Å²) in [6, 6.07) is 2.01. The minimum absolute atomic E-state index is 0.567. The lowest BCUT2D eigenvalue weighted by molar-refractivity contribution is 0.332. The van der Waals surface area contributed by atoms with E-state index >= 15 is 0 Å². The maximum atomic E-state index is 5.42. The molecule has 5 heteroatoms. The van der Waals surface area contributed by atoms with Gasteiger partial charge in [-0.2, -0.15) is 5.10 Å². The average Bonchev–Trinajstić information content (AvgIpc) is 2.48. The molecule has 0 aliphatic heterocycles. The maximum absolute atomic E-state index is 5.42. The molecule has 1 aromatic heterocycles. The first-order chi connectivity index (χ1) is 6.58. The molecule has 78 valence electrons. The van der Waals surface area contributed by atoms with Gasteiger partial charge in [-0.1, -0.05) is 12.2 Å². The minimum Gasteiger partial charge on any atom is -0.393 e. The molecule has 0 saturated heterocycles. The summed E-state index contributed by atoms with van der Waals surface area (Å²) in [5.74, 6) is 0. The van der Waals surface area contributed by atoms with Gasteiger partial charge >= 0.3 is 0 Å². The fourth-order valence-corrected chi connectivity index (χ4v) is 1.30. The van der Waals surface area contributed by atoms with Crippen molar-refractivity contribution >= 4 is 17.2 Å². The third kappa shape index (κ3) is 3.85. The first-order valence-electron chi connectivity index (χ1n) is 4.53. The monoisotopic (exact) mass is 212 g/mol. The van der Waals surface area contributed by atoms with Gasteiger partial charge in [0.2, 0.25) is 0 Å². The fourth-order valence-electron chi connectivity index (χ4n) is 1.20. The van der Waals surface area contributed by atoms with Crippen molar-refractivity contribution in [3.8, 4) is 0 Å². The van der Waals surface area contributed by atoms with E-state index in [4.69, 9.17) is 18.0 Å². The Morgan fingerprint density at radius 1 is 1.71 bits per heavy atom. The Hall–Kier alpha value is -0.940. The summed E-state index contributed by atoms with van der Waals surface area (Å²) in [5, 5.41) is 4.29. The van der Waals surface area contributed by atoms with Crippen LogP contribution in [0.3, 0.4) is 0 Å². The topological polar surface area (TPSA) is 47.1 Å². The van der Waals surface area contributed by atoms with Crippen LogP contribution in [0.15, 0.2) is 12.3 Å². The van der Waals surface area contributed by atoms with Crippen molar-refractivity contribution in [2.24, 2.45) is 12.8 Å². The molecule has 1 aromatic rings. The molecule has 0 saturated carbocycles. The molecule has 4 nitrogen and oxygen atoms in total. The first kappa shape index (κ1) is 11.1. The molecule has 0 bridgehead atoms. The quantitative estimate of drug-likeness (QED) is 0.723. The van der Waals surface area contributed by atoms with Crippen molar-refractivity contribution in [2.45, 2.75) is 13.0 Å². The van der Waals surface area contributed by atoms with Crippen molar-refractivity contribution in [1.29, 1.82) is 0 Å². The van der Waals surface area contributed by atoms with E-state index in [-0.39, 0.29) is 0 Å². The second-order valence-electron chi connectivity index (χ2n) is 3.43. The molecule has 1 heterocycles. The Kier molecular flexibility index (Phi) is 4.03. The van der Waals surface area contributed by atoms with Gasteiger partial charge in [0.25, 0.3) is 0 Å². The van der Waals surface area contributed by atoms with Crippen LogP contribution in [0.1, 0.15) is 12.1 Å². The zero-order valence-electron chi connectivity index (χ0n) is 8.60. The Balaban J connectivity index is 2.33. The van der Waals surface area contributed by atoms with Crippen molar-refractivity contribution in [1.82, 2.24) is 14.7 Å². The van der Waals surface area contributed by atoms with E-state index in [1.54, 1.807) is 4.68 Å². The molecule has 0 aromatic carbocycles. The van der Waals surface area contributed by atoms with Crippen molar-refractivity contribution in [3.05, 3.63) is 18.0 Å². The average molecular weight is 212 g/mol. The standard InChI is InChI=1S/C9H16N4S/c1-12(5-4-9(10)14)7-8-3-6-13(2)11-8/h3,6H,4-5,7H2,1-2H3,(H2,10,14). The zero-order valence-corrected chi connectivity index (χ0v) is 9.42. The third-order valence-electron chi connectivity index (χ3n) is 1.94. The number of nitrogens with zero attached hydrogens (tertiary/aromatic N) is 3. The highest BCUT2D eigenvalue weighted by atomic mass is 32.1. The minimum atomic E-state index is 0.567. The van der Waals surface area contributed by atoms with Gasteiger partial charge in [-0.05, 0) is 13.1 Å². The van der Waals surface area contributed by atoms with Crippen molar-refractivity contribution in [3.63, 3.8) is 0 Å². The Morgan fingerprint density at radius 3 is 2.93 bits per heavy atom. The van der Waals surface area contributed by atoms with E-state index in [0.717, 1.165) is 25.2 Å². The molecule has 0 spiro atoms. The number of hydrogen-bond donors (Lipinski definition) is 1. The van der Waals surface area contributed by atoms with Gasteiger partial charge in [0.15, 0.2) is 0 Å². The Bertz CT molecular complexity index is 308. The van der Waals surface area contributed by atoms with Crippen LogP contribution in [0.25, 0.3) is 0 Å². The summed E-state index contributed by atoms with van der Waals surface area (Å²) in [5.41, 5.74) is 6.49. The van der Waals surface area contributed by atoms with Crippen molar-refractivity contribution in [2.75, 3.05) is 13.6 Å². The van der Waals surface area contributed by atoms with E-state index < -0.39 is 0 Å². The van der Waals surface area contributed by atoms with E-state index in [9.17, 15) is 0 Å². The maximum Gasteiger partial charge on any atom is 0.0764 e. The fraction of sp³-hybridized carbons (Fsp3) is 0.556. The van der Waals surface area contributed by atoms with Gasteiger partial charge in [-0.25, -0.2) is 0 Å². The molecular formula is C9H16N4S. The lowest BCUT2D eigenvalue weighted by Gasteiger charge is -2.14. The van der Waals surface area contributed by atoms with Gasteiger partial charge in [-0.3, -0.25) is 4.68 Å². The summed E-state index contributed by atoms with van der Waals surface area (Å²) < 4.78 is 1.80. The van der Waals surface area contributed by atoms with E-state index in [0.29, 0.717) is 4.99 Å². The predicted molar refractivity (Wildman–Crippen MR) is 60.9 cm³/mol. The molecule has 0 fully saturated rings. The molecule has 14 heavy (non-hydrogen) atoms. The van der Waals surface area contributed by atoms with Crippen LogP contribution >= 0.6 is 12.2 Å². The van der Waals surface area contributed by atoms with Gasteiger partial charge in [0.1, 0.15) is 0 Å². The van der Waals surface area contributed by atoms with E-state index in [1.165, 1.54) is 0 Å². The molecule has 0 radical (unpaired) electrons. The third-order valence-corrected chi connectivity index (χ3v) is 2.14. The second kappa shape index (κ2) is 5.07. The molecule has 0 amide bonds. The lowest BCUT2D eigenvalue weighted by atomic mass is 10.3. The number of nitrogens with two attached hydrogens (primary N) is 1. The largest absolute Gasteiger partial charge is 0.393 e. The van der Waals surface area contributed by atoms with Crippen LogP contribution in [-0.4, -0.2) is 33.3 Å². The van der Waals surface area contributed by atoms with Crippen LogP contribution in [0.5, 0.6) is 0 Å². The van der Waals surface area contributed by atoms with Crippen molar-refractivity contribution < 1.29 is 0 Å². The Labute approximate surface area is 89.7 Å². The van der Waals surface area contributed by atoms with Crippen LogP contribution in [0.4, 0.5) is 0 Å². The van der Waals surface area contributed by atoms with E-state index in [2.05, 4.69) is 10.00 Å². The van der Waals surface area contributed by atoms with Gasteiger partial charge in [0.05, 0.1) is 10.7 Å². The summed E-state index contributed by atoms with van der Waals surface area (Å²) in [6.07, 6.45) is 2.70. The lowest BCUT2D eigenvalue weighted by Crippen LogP contribution is -2.23. The molecule has 0 aliphatic carbocycles. The number of rotatable bonds is 5. The normalized spacial score (nSPS) is 10.8. The van der Waals surface area contributed by atoms with Crippen LogP contribution in [0.2, 0.25) is 0 Å². The van der Waals surface area contributed by atoms with Gasteiger partial charge < -0.3 is 10.6 Å². The SMILES string of the molecule is CN(CCC(N)=S)Cc1ccn(C)n1. The molecular weight excluding hydrogens is 196 g/mol. The predicted octanol–water partition coefficient (Wildman–Crippen LogP) is 0.528. The van der Waals surface area contributed by atoms with Crippen LogP contribution in [0, 0.1) is 0 Å².